The van der Waals surface area contributed by atoms with Crippen LogP contribution in [0.25, 0.3) is 0 Å². The summed E-state index contributed by atoms with van der Waals surface area (Å²) in [5.74, 6) is 1.57. The summed E-state index contributed by atoms with van der Waals surface area (Å²) < 4.78 is 5.96. The number of benzene rings is 1. The Balaban J connectivity index is 2.51. The van der Waals surface area contributed by atoms with Crippen molar-refractivity contribution in [2.24, 2.45) is 5.92 Å². The first-order chi connectivity index (χ1) is 10.2. The highest BCUT2D eigenvalue weighted by atomic mass is 16.5. The molecular formula is C18H31NO2. The minimum absolute atomic E-state index is 0.349. The largest absolute Gasteiger partial charge is 0.493 e. The molecule has 1 rings (SSSR count). The quantitative estimate of drug-likeness (QED) is 0.657. The van der Waals surface area contributed by atoms with Crippen LogP contribution in [0.4, 0.5) is 0 Å². The van der Waals surface area contributed by atoms with Gasteiger partial charge in [0.25, 0.3) is 0 Å². The molecule has 21 heavy (non-hydrogen) atoms. The van der Waals surface area contributed by atoms with Gasteiger partial charge < -0.3 is 15.2 Å². The van der Waals surface area contributed by atoms with Gasteiger partial charge in [0.2, 0.25) is 0 Å². The fourth-order valence-electron chi connectivity index (χ4n) is 2.68. The van der Waals surface area contributed by atoms with Gasteiger partial charge in [-0.2, -0.15) is 0 Å². The maximum absolute atomic E-state index is 9.85. The molecule has 1 aromatic carbocycles. The van der Waals surface area contributed by atoms with E-state index in [1.807, 2.05) is 31.3 Å². The lowest BCUT2D eigenvalue weighted by Crippen LogP contribution is -2.25. The van der Waals surface area contributed by atoms with E-state index in [0.717, 1.165) is 17.9 Å². The SMILES string of the molecule is CCCC(CCC)COc1cccc(C[C@H](O)CNC)c1. The predicted octanol–water partition coefficient (Wildman–Crippen LogP) is 3.40. The maximum Gasteiger partial charge on any atom is 0.119 e. The molecule has 0 saturated carbocycles. The van der Waals surface area contributed by atoms with E-state index in [1.165, 1.54) is 25.7 Å². The monoisotopic (exact) mass is 293 g/mol. The Kier molecular flexibility index (Phi) is 9.11. The van der Waals surface area contributed by atoms with Crippen LogP contribution in [-0.2, 0) is 6.42 Å². The summed E-state index contributed by atoms with van der Waals surface area (Å²) in [6.07, 6.45) is 5.20. The van der Waals surface area contributed by atoms with E-state index in [1.54, 1.807) is 0 Å². The second-order valence-corrected chi connectivity index (χ2v) is 5.82. The van der Waals surface area contributed by atoms with Gasteiger partial charge in [0.05, 0.1) is 12.7 Å². The molecule has 0 radical (unpaired) electrons. The fourth-order valence-corrected chi connectivity index (χ4v) is 2.68. The Bertz CT molecular complexity index is 375. The molecule has 0 saturated heterocycles. The zero-order valence-corrected chi connectivity index (χ0v) is 13.8. The van der Waals surface area contributed by atoms with Crippen LogP contribution in [0.1, 0.15) is 45.1 Å². The Morgan fingerprint density at radius 3 is 2.52 bits per heavy atom. The smallest absolute Gasteiger partial charge is 0.119 e. The molecular weight excluding hydrogens is 262 g/mol. The molecule has 0 unspecified atom stereocenters. The van der Waals surface area contributed by atoms with Crippen molar-refractivity contribution in [1.82, 2.24) is 5.32 Å². The van der Waals surface area contributed by atoms with Gasteiger partial charge >= 0.3 is 0 Å². The van der Waals surface area contributed by atoms with Crippen LogP contribution in [0.2, 0.25) is 0 Å². The van der Waals surface area contributed by atoms with Crippen molar-refractivity contribution in [3.05, 3.63) is 29.8 Å². The number of hydrogen-bond acceptors (Lipinski definition) is 3. The number of aliphatic hydroxyl groups excluding tert-OH is 1. The van der Waals surface area contributed by atoms with Crippen LogP contribution in [0.15, 0.2) is 24.3 Å². The third kappa shape index (κ3) is 7.49. The zero-order valence-electron chi connectivity index (χ0n) is 13.8. The third-order valence-electron chi connectivity index (χ3n) is 3.69. The van der Waals surface area contributed by atoms with Gasteiger partial charge in [0, 0.05) is 6.54 Å². The topological polar surface area (TPSA) is 41.5 Å². The number of nitrogens with one attached hydrogen (secondary N) is 1. The average Bonchev–Trinajstić information content (AvgIpc) is 2.46. The van der Waals surface area contributed by atoms with E-state index in [4.69, 9.17) is 4.74 Å². The molecule has 1 atom stereocenters. The number of rotatable bonds is 11. The molecule has 3 heteroatoms. The first kappa shape index (κ1) is 18.0. The molecule has 0 bridgehead atoms. The normalized spacial score (nSPS) is 12.6. The Morgan fingerprint density at radius 1 is 1.19 bits per heavy atom. The minimum Gasteiger partial charge on any atom is -0.493 e. The summed E-state index contributed by atoms with van der Waals surface area (Å²) in [6.45, 7) is 5.86. The van der Waals surface area contributed by atoms with Gasteiger partial charge in [0.1, 0.15) is 5.75 Å². The predicted molar refractivity (Wildman–Crippen MR) is 88.9 cm³/mol. The molecule has 2 N–H and O–H groups in total. The first-order valence-electron chi connectivity index (χ1n) is 8.23. The lowest BCUT2D eigenvalue weighted by atomic mass is 9.99. The number of aliphatic hydroxyl groups is 1. The van der Waals surface area contributed by atoms with Crippen LogP contribution < -0.4 is 10.1 Å². The van der Waals surface area contributed by atoms with Crippen LogP contribution in [-0.4, -0.2) is 31.4 Å². The molecule has 120 valence electrons. The van der Waals surface area contributed by atoms with Crippen molar-refractivity contribution >= 4 is 0 Å². The van der Waals surface area contributed by atoms with Gasteiger partial charge in [-0.1, -0.05) is 38.8 Å². The van der Waals surface area contributed by atoms with E-state index in [-0.39, 0.29) is 6.10 Å². The van der Waals surface area contributed by atoms with Crippen LogP contribution in [0.3, 0.4) is 0 Å². The van der Waals surface area contributed by atoms with Crippen molar-refractivity contribution < 1.29 is 9.84 Å². The third-order valence-corrected chi connectivity index (χ3v) is 3.69. The Hall–Kier alpha value is -1.06. The van der Waals surface area contributed by atoms with Gasteiger partial charge in [-0.05, 0) is 49.9 Å². The van der Waals surface area contributed by atoms with Gasteiger partial charge in [-0.25, -0.2) is 0 Å². The van der Waals surface area contributed by atoms with Crippen LogP contribution >= 0.6 is 0 Å². The highest BCUT2D eigenvalue weighted by molar-refractivity contribution is 5.29. The summed E-state index contributed by atoms with van der Waals surface area (Å²) in [7, 11) is 1.85. The van der Waals surface area contributed by atoms with E-state index in [0.29, 0.717) is 18.9 Å². The molecule has 0 aliphatic heterocycles. The van der Waals surface area contributed by atoms with Gasteiger partial charge in [0.15, 0.2) is 0 Å². The summed E-state index contributed by atoms with van der Waals surface area (Å²) in [5.41, 5.74) is 1.12. The van der Waals surface area contributed by atoms with Crippen molar-refractivity contribution in [2.75, 3.05) is 20.2 Å². The molecule has 3 nitrogen and oxygen atoms in total. The second-order valence-electron chi connectivity index (χ2n) is 5.82. The van der Waals surface area contributed by atoms with E-state index in [2.05, 4.69) is 19.2 Å². The molecule has 0 spiro atoms. The molecule has 0 aliphatic carbocycles. The highest BCUT2D eigenvalue weighted by Crippen LogP contribution is 2.19. The molecule has 0 heterocycles. The van der Waals surface area contributed by atoms with Crippen LogP contribution in [0, 0.1) is 5.92 Å². The summed E-state index contributed by atoms with van der Waals surface area (Å²) >= 11 is 0. The first-order valence-corrected chi connectivity index (χ1v) is 8.23. The van der Waals surface area contributed by atoms with E-state index in [9.17, 15) is 5.11 Å². The van der Waals surface area contributed by atoms with Crippen molar-refractivity contribution in [1.29, 1.82) is 0 Å². The number of ether oxygens (including phenoxy) is 1. The van der Waals surface area contributed by atoms with Crippen molar-refractivity contribution in [3.63, 3.8) is 0 Å². The maximum atomic E-state index is 9.85. The van der Waals surface area contributed by atoms with Gasteiger partial charge in [-0.3, -0.25) is 0 Å². The van der Waals surface area contributed by atoms with Gasteiger partial charge in [-0.15, -0.1) is 0 Å². The number of likely N-dealkylation sites (N-methyl/N-ethyl adjacent to an activating group) is 1. The average molecular weight is 293 g/mol. The lowest BCUT2D eigenvalue weighted by molar-refractivity contribution is 0.174. The minimum atomic E-state index is -0.349. The fraction of sp³-hybridized carbons (Fsp3) is 0.667. The molecule has 0 amide bonds. The summed E-state index contributed by atoms with van der Waals surface area (Å²) in [6, 6.07) is 8.10. The second kappa shape index (κ2) is 10.6. The van der Waals surface area contributed by atoms with Crippen LogP contribution in [0.5, 0.6) is 5.75 Å². The number of hydrogen-bond donors (Lipinski definition) is 2. The van der Waals surface area contributed by atoms with E-state index < -0.39 is 0 Å². The zero-order chi connectivity index (χ0) is 15.5. The van der Waals surface area contributed by atoms with Crippen molar-refractivity contribution in [3.8, 4) is 5.75 Å². The molecule has 0 aromatic heterocycles. The highest BCUT2D eigenvalue weighted by Gasteiger charge is 2.09. The van der Waals surface area contributed by atoms with E-state index >= 15 is 0 Å². The molecule has 0 aliphatic rings. The Labute approximate surface area is 129 Å². The molecule has 1 aromatic rings. The Morgan fingerprint density at radius 2 is 1.90 bits per heavy atom. The summed E-state index contributed by atoms with van der Waals surface area (Å²) in [5, 5.41) is 12.8. The standard InChI is InChI=1S/C18H31NO2/c1-4-7-15(8-5-2)14-21-18-10-6-9-16(12-18)11-17(20)13-19-3/h6,9-10,12,15,17,19-20H,4-5,7-8,11,13-14H2,1-3H3/t17-/m0/s1. The summed E-state index contributed by atoms with van der Waals surface area (Å²) in [4.78, 5) is 0. The van der Waals surface area contributed by atoms with Crippen molar-refractivity contribution in [2.45, 2.75) is 52.1 Å². The molecule has 0 fully saturated rings. The lowest BCUT2D eigenvalue weighted by Gasteiger charge is -2.17.